The Morgan fingerprint density at radius 1 is 1.14 bits per heavy atom. The molecular formula is C26H44O3. The van der Waals surface area contributed by atoms with E-state index in [1.165, 1.54) is 24.8 Å². The molecule has 0 spiro atoms. The summed E-state index contributed by atoms with van der Waals surface area (Å²) in [6.45, 7) is 10.8. The molecule has 166 valence electrons. The molecule has 0 aromatic rings. The summed E-state index contributed by atoms with van der Waals surface area (Å²) in [6.07, 6.45) is 12.6. The highest BCUT2D eigenvalue weighted by molar-refractivity contribution is 5.28. The van der Waals surface area contributed by atoms with Crippen molar-refractivity contribution < 1.29 is 15.3 Å². The third-order valence-electron chi connectivity index (χ3n) is 9.81. The predicted molar refractivity (Wildman–Crippen MR) is 117 cm³/mol. The van der Waals surface area contributed by atoms with E-state index in [2.05, 4.69) is 26.8 Å². The van der Waals surface area contributed by atoms with Crippen molar-refractivity contribution in [2.24, 2.45) is 34.5 Å². The van der Waals surface area contributed by atoms with E-state index in [0.29, 0.717) is 23.7 Å². The lowest BCUT2D eigenvalue weighted by molar-refractivity contribution is -0.180. The molecule has 0 aromatic heterocycles. The first-order valence-corrected chi connectivity index (χ1v) is 12.2. The van der Waals surface area contributed by atoms with Gasteiger partial charge in [0.2, 0.25) is 0 Å². The Labute approximate surface area is 178 Å². The van der Waals surface area contributed by atoms with E-state index in [0.717, 1.165) is 44.9 Å². The van der Waals surface area contributed by atoms with Gasteiger partial charge in [-0.05, 0) is 113 Å². The fourth-order valence-electron chi connectivity index (χ4n) is 8.78. The third-order valence-corrected chi connectivity index (χ3v) is 9.81. The van der Waals surface area contributed by atoms with Crippen LogP contribution in [0.4, 0.5) is 0 Å². The standard InChI is InChI=1S/C26H44O3/c1-23(2,28)13-6-7-17-9-11-21-20-10-8-18-15-19(27)12-14-24(18,3)22(20)26(5,29)16-25(17,21)4/h8,17,19-22,27-29H,6-7,9-16H2,1-5H3/t17-,19?,20?,21?,22?,24?,25?,26?/m0/s1. The Kier molecular flexibility index (Phi) is 5.32. The zero-order valence-electron chi connectivity index (χ0n) is 19.4. The number of aliphatic hydroxyl groups excluding tert-OH is 1. The number of hydrogen-bond donors (Lipinski definition) is 3. The lowest BCUT2D eigenvalue weighted by atomic mass is 9.43. The molecule has 0 heterocycles. The van der Waals surface area contributed by atoms with Crippen molar-refractivity contribution in [2.45, 2.75) is 116 Å². The molecule has 4 aliphatic carbocycles. The van der Waals surface area contributed by atoms with Crippen LogP contribution >= 0.6 is 0 Å². The van der Waals surface area contributed by atoms with E-state index < -0.39 is 11.2 Å². The number of aliphatic hydroxyl groups is 3. The highest BCUT2D eigenvalue weighted by Crippen LogP contribution is 2.69. The molecule has 0 aromatic carbocycles. The van der Waals surface area contributed by atoms with Gasteiger partial charge in [-0.15, -0.1) is 0 Å². The van der Waals surface area contributed by atoms with Gasteiger partial charge >= 0.3 is 0 Å². The van der Waals surface area contributed by atoms with Crippen molar-refractivity contribution in [3.8, 4) is 0 Å². The number of fused-ring (bicyclic) bond motifs is 5. The Bertz CT molecular complexity index is 659. The maximum absolute atomic E-state index is 11.9. The molecule has 0 bridgehead atoms. The smallest absolute Gasteiger partial charge is 0.0664 e. The number of hydrogen-bond acceptors (Lipinski definition) is 3. The van der Waals surface area contributed by atoms with Crippen molar-refractivity contribution in [1.29, 1.82) is 0 Å². The Hall–Kier alpha value is -0.380. The van der Waals surface area contributed by atoms with Crippen LogP contribution in [0.3, 0.4) is 0 Å². The maximum Gasteiger partial charge on any atom is 0.0664 e. The first-order chi connectivity index (χ1) is 13.4. The van der Waals surface area contributed by atoms with Crippen LogP contribution in [0, 0.1) is 34.5 Å². The summed E-state index contributed by atoms with van der Waals surface area (Å²) in [5, 5.41) is 32.2. The highest BCUT2D eigenvalue weighted by Gasteiger charge is 2.64. The normalized spacial score (nSPS) is 49.8. The van der Waals surface area contributed by atoms with E-state index in [-0.39, 0.29) is 16.9 Å². The molecule has 3 nitrogen and oxygen atoms in total. The van der Waals surface area contributed by atoms with E-state index in [1.807, 2.05) is 13.8 Å². The van der Waals surface area contributed by atoms with Gasteiger partial charge in [0.15, 0.2) is 0 Å². The molecule has 3 heteroatoms. The van der Waals surface area contributed by atoms with Crippen LogP contribution in [0.1, 0.15) is 98.8 Å². The summed E-state index contributed by atoms with van der Waals surface area (Å²) in [4.78, 5) is 0. The molecule has 4 rings (SSSR count). The first-order valence-electron chi connectivity index (χ1n) is 12.2. The van der Waals surface area contributed by atoms with Crippen LogP contribution < -0.4 is 0 Å². The Morgan fingerprint density at radius 2 is 1.86 bits per heavy atom. The third kappa shape index (κ3) is 3.64. The minimum atomic E-state index is -0.648. The topological polar surface area (TPSA) is 60.7 Å². The molecule has 0 aliphatic heterocycles. The lowest BCUT2D eigenvalue weighted by Gasteiger charge is -2.63. The van der Waals surface area contributed by atoms with Gasteiger partial charge in [-0.1, -0.05) is 31.9 Å². The molecule has 8 atom stereocenters. The zero-order chi connectivity index (χ0) is 21.2. The van der Waals surface area contributed by atoms with E-state index in [4.69, 9.17) is 0 Å². The van der Waals surface area contributed by atoms with Gasteiger partial charge in [-0.3, -0.25) is 0 Å². The summed E-state index contributed by atoms with van der Waals surface area (Å²) in [7, 11) is 0. The first kappa shape index (κ1) is 21.8. The van der Waals surface area contributed by atoms with E-state index >= 15 is 0 Å². The molecule has 0 radical (unpaired) electrons. The second kappa shape index (κ2) is 7.07. The summed E-state index contributed by atoms with van der Waals surface area (Å²) < 4.78 is 0. The fraction of sp³-hybridized carbons (Fsp3) is 0.923. The van der Waals surface area contributed by atoms with Gasteiger partial charge in [0.25, 0.3) is 0 Å². The molecule has 7 unspecified atom stereocenters. The number of rotatable bonds is 4. The summed E-state index contributed by atoms with van der Waals surface area (Å²) >= 11 is 0. The van der Waals surface area contributed by atoms with Gasteiger partial charge in [0.05, 0.1) is 17.3 Å². The monoisotopic (exact) mass is 404 g/mol. The average Bonchev–Trinajstić information content (AvgIpc) is 2.89. The van der Waals surface area contributed by atoms with Crippen molar-refractivity contribution in [3.63, 3.8) is 0 Å². The molecule has 3 fully saturated rings. The van der Waals surface area contributed by atoms with Crippen LogP contribution in [-0.2, 0) is 0 Å². The van der Waals surface area contributed by atoms with E-state index in [9.17, 15) is 15.3 Å². The van der Waals surface area contributed by atoms with Crippen LogP contribution in [0.15, 0.2) is 11.6 Å². The quantitative estimate of drug-likeness (QED) is 0.562. The summed E-state index contributed by atoms with van der Waals surface area (Å²) in [6, 6.07) is 0. The van der Waals surface area contributed by atoms with Gasteiger partial charge in [-0.25, -0.2) is 0 Å². The van der Waals surface area contributed by atoms with Crippen molar-refractivity contribution in [1.82, 2.24) is 0 Å². The second-order valence-electron chi connectivity index (χ2n) is 12.5. The summed E-state index contributed by atoms with van der Waals surface area (Å²) in [5.74, 6) is 2.23. The van der Waals surface area contributed by atoms with Crippen LogP contribution in [-0.4, -0.2) is 32.6 Å². The van der Waals surface area contributed by atoms with Gasteiger partial charge < -0.3 is 15.3 Å². The average molecular weight is 405 g/mol. The van der Waals surface area contributed by atoms with Crippen LogP contribution in [0.5, 0.6) is 0 Å². The molecular weight excluding hydrogens is 360 g/mol. The lowest BCUT2D eigenvalue weighted by Crippen LogP contribution is -2.61. The van der Waals surface area contributed by atoms with Gasteiger partial charge in [-0.2, -0.15) is 0 Å². The zero-order valence-corrected chi connectivity index (χ0v) is 19.4. The summed E-state index contributed by atoms with van der Waals surface area (Å²) in [5.41, 5.74) is 0.450. The Morgan fingerprint density at radius 3 is 2.55 bits per heavy atom. The van der Waals surface area contributed by atoms with Crippen LogP contribution in [0.2, 0.25) is 0 Å². The fourth-order valence-corrected chi connectivity index (χ4v) is 8.78. The molecule has 3 saturated carbocycles. The largest absolute Gasteiger partial charge is 0.393 e. The molecule has 0 amide bonds. The van der Waals surface area contributed by atoms with Gasteiger partial charge in [0, 0.05) is 0 Å². The van der Waals surface area contributed by atoms with Crippen molar-refractivity contribution >= 4 is 0 Å². The van der Waals surface area contributed by atoms with Gasteiger partial charge in [0.1, 0.15) is 0 Å². The highest BCUT2D eigenvalue weighted by atomic mass is 16.3. The Balaban J connectivity index is 1.59. The van der Waals surface area contributed by atoms with Crippen LogP contribution in [0.25, 0.3) is 0 Å². The number of allylic oxidation sites excluding steroid dienone is 1. The van der Waals surface area contributed by atoms with Crippen molar-refractivity contribution in [3.05, 3.63) is 11.6 Å². The molecule has 4 aliphatic rings. The molecule has 29 heavy (non-hydrogen) atoms. The predicted octanol–water partition coefficient (Wildman–Crippen LogP) is 5.23. The SMILES string of the molecule is CC(C)(O)CCC[C@H]1CCC2C3CC=C4CC(O)CCC4(C)C3C(C)(O)CC21C. The van der Waals surface area contributed by atoms with Crippen molar-refractivity contribution in [2.75, 3.05) is 0 Å². The minimum Gasteiger partial charge on any atom is -0.393 e. The molecule has 0 saturated heterocycles. The second-order valence-corrected chi connectivity index (χ2v) is 12.5. The minimum absolute atomic E-state index is 0.0476. The molecule has 3 N–H and O–H groups in total. The maximum atomic E-state index is 11.9. The van der Waals surface area contributed by atoms with E-state index in [1.54, 1.807) is 0 Å².